The van der Waals surface area contributed by atoms with Crippen LogP contribution in [0.25, 0.3) is 10.9 Å². The number of rotatable bonds is 0. The number of aromatic nitrogens is 1. The van der Waals surface area contributed by atoms with Gasteiger partial charge < -0.3 is 19.7 Å². The summed E-state index contributed by atoms with van der Waals surface area (Å²) >= 11 is 0. The van der Waals surface area contributed by atoms with Crippen molar-refractivity contribution >= 4 is 16.6 Å². The molecule has 0 radical (unpaired) electrons. The molecule has 6 atom stereocenters. The summed E-state index contributed by atoms with van der Waals surface area (Å²) in [6, 6.07) is 8.66. The quantitative estimate of drug-likeness (QED) is 0.630. The summed E-state index contributed by atoms with van der Waals surface area (Å²) in [7, 11) is 0. The van der Waals surface area contributed by atoms with Gasteiger partial charge in [0.15, 0.2) is 5.60 Å². The predicted molar refractivity (Wildman–Crippen MR) is 124 cm³/mol. The molecule has 2 aromatic rings. The number of hydrogen-bond acceptors (Lipinski definition) is 4. The lowest BCUT2D eigenvalue weighted by atomic mass is 9.42. The minimum Gasteiger partial charge on any atom is -0.386 e. The smallest absolute Gasteiger partial charge is 0.163 e. The van der Waals surface area contributed by atoms with Crippen molar-refractivity contribution < 1.29 is 14.7 Å². The molecule has 1 aromatic carbocycles. The van der Waals surface area contributed by atoms with E-state index < -0.39 is 11.2 Å². The minimum absolute atomic E-state index is 0.0678. The van der Waals surface area contributed by atoms with Gasteiger partial charge >= 0.3 is 0 Å². The van der Waals surface area contributed by atoms with Crippen LogP contribution in [0.3, 0.4) is 0 Å². The Balaban J connectivity index is 1.39. The van der Waals surface area contributed by atoms with Crippen LogP contribution in [-0.2, 0) is 21.4 Å². The second kappa shape index (κ2) is 5.68. The van der Waals surface area contributed by atoms with Crippen molar-refractivity contribution in [1.29, 1.82) is 0 Å². The number of nitrogens with zero attached hydrogens (tertiary/aromatic N) is 1. The normalized spacial score (nSPS) is 43.3. The van der Waals surface area contributed by atoms with Gasteiger partial charge in [-0.05, 0) is 75.1 Å². The first-order valence-corrected chi connectivity index (χ1v) is 12.2. The number of benzene rings is 1. The topological polar surface area (TPSA) is 66.8 Å². The molecule has 0 bridgehead atoms. The molecule has 168 valence electrons. The lowest BCUT2D eigenvalue weighted by molar-refractivity contribution is -0.184. The molecule has 32 heavy (non-hydrogen) atoms. The van der Waals surface area contributed by atoms with Gasteiger partial charge in [-0.15, -0.1) is 0 Å². The number of ether oxygens (including phenoxy) is 1. The zero-order chi connectivity index (χ0) is 22.1. The van der Waals surface area contributed by atoms with Crippen LogP contribution in [0.2, 0.25) is 0 Å². The number of fused-ring (bicyclic) bond motifs is 10. The summed E-state index contributed by atoms with van der Waals surface area (Å²) in [4.78, 5) is 9.49. The second-order valence-corrected chi connectivity index (χ2v) is 11.7. The number of hydrogen-bond donors (Lipinski definition) is 2. The maximum Gasteiger partial charge on any atom is 0.163 e. The van der Waals surface area contributed by atoms with Gasteiger partial charge in [0.2, 0.25) is 0 Å². The zero-order valence-electron chi connectivity index (χ0n) is 19.4. The highest BCUT2D eigenvalue weighted by atomic mass is 16.7. The number of H-pyrrole nitrogens is 1. The molecule has 0 saturated heterocycles. The average molecular weight is 433 g/mol. The van der Waals surface area contributed by atoms with Gasteiger partial charge in [-0.3, -0.25) is 0 Å². The highest BCUT2D eigenvalue weighted by Gasteiger charge is 2.70. The Kier molecular flexibility index (Phi) is 3.44. The third kappa shape index (κ3) is 1.98. The molecule has 7 rings (SSSR count). The largest absolute Gasteiger partial charge is 0.386 e. The van der Waals surface area contributed by atoms with E-state index in [9.17, 15) is 5.11 Å². The fourth-order valence-corrected chi connectivity index (χ4v) is 8.12. The molecule has 2 fully saturated rings. The highest BCUT2D eigenvalue weighted by molar-refractivity contribution is 6.01. The maximum absolute atomic E-state index is 12.6. The van der Waals surface area contributed by atoms with Crippen LogP contribution in [-0.4, -0.2) is 39.2 Å². The molecule has 0 amide bonds. The minimum atomic E-state index is -0.916. The molecule has 5 heteroatoms. The van der Waals surface area contributed by atoms with Crippen molar-refractivity contribution in [3.63, 3.8) is 0 Å². The summed E-state index contributed by atoms with van der Waals surface area (Å²) in [5.41, 5.74) is 4.08. The Morgan fingerprint density at radius 2 is 1.91 bits per heavy atom. The van der Waals surface area contributed by atoms with E-state index in [0.29, 0.717) is 5.92 Å². The van der Waals surface area contributed by atoms with Crippen molar-refractivity contribution in [1.82, 2.24) is 4.98 Å². The molecule has 3 aliphatic carbocycles. The molecule has 3 heterocycles. The maximum atomic E-state index is 12.6. The van der Waals surface area contributed by atoms with Crippen LogP contribution >= 0.6 is 0 Å². The van der Waals surface area contributed by atoms with Gasteiger partial charge in [0.1, 0.15) is 11.8 Å². The van der Waals surface area contributed by atoms with E-state index in [1.54, 1.807) is 0 Å². The van der Waals surface area contributed by atoms with E-state index in [-0.39, 0.29) is 23.0 Å². The van der Waals surface area contributed by atoms with E-state index in [2.05, 4.69) is 54.3 Å². The SMILES string of the molecule is CC1(C)ON=C2C=C3[C@H](CC[C@@]4(C)[C@@]3(O)CC[C@H]3Cc5c([nH]c6ccccc56)[C@@]34C)O[C@@H]21. The third-order valence-electron chi connectivity index (χ3n) is 10.1. The van der Waals surface area contributed by atoms with E-state index in [4.69, 9.17) is 9.57 Å². The van der Waals surface area contributed by atoms with Crippen LogP contribution in [0.5, 0.6) is 0 Å². The molecule has 5 nitrogen and oxygen atoms in total. The van der Waals surface area contributed by atoms with Crippen LogP contribution in [0, 0.1) is 11.3 Å². The van der Waals surface area contributed by atoms with Gasteiger partial charge in [0, 0.05) is 27.4 Å². The summed E-state index contributed by atoms with van der Waals surface area (Å²) in [6.07, 6.45) is 6.63. The lowest BCUT2D eigenvalue weighted by Crippen LogP contribution is -2.68. The van der Waals surface area contributed by atoms with E-state index in [0.717, 1.165) is 43.4 Å². The Morgan fingerprint density at radius 1 is 1.09 bits per heavy atom. The fraction of sp³-hybridized carbons (Fsp3) is 0.593. The van der Waals surface area contributed by atoms with Gasteiger partial charge in [0.25, 0.3) is 0 Å². The first kappa shape index (κ1) is 19.4. The molecule has 0 unspecified atom stereocenters. The second-order valence-electron chi connectivity index (χ2n) is 11.7. The monoisotopic (exact) mass is 432 g/mol. The van der Waals surface area contributed by atoms with Crippen molar-refractivity contribution in [2.45, 2.75) is 88.6 Å². The first-order valence-electron chi connectivity index (χ1n) is 12.2. The number of oxime groups is 1. The Morgan fingerprint density at radius 3 is 2.75 bits per heavy atom. The fourth-order valence-electron chi connectivity index (χ4n) is 8.12. The standard InChI is InChI=1S/C27H32N2O3/c1-24(2)23-20(29-32-24)14-18-21(31-23)10-11-25(3)26(4)15(9-12-27(18,25)30)13-17-16-7-5-6-8-19(16)28-22(17)26/h5-8,14-15,21,23,28,30H,9-13H2,1-4H3/t15-,21-,23-,25+,26+,27+/m0/s1. The Labute approximate surface area is 188 Å². The predicted octanol–water partition coefficient (Wildman–Crippen LogP) is 4.78. The number of aromatic amines is 1. The zero-order valence-corrected chi connectivity index (χ0v) is 19.4. The van der Waals surface area contributed by atoms with Gasteiger partial charge in [-0.25, -0.2) is 0 Å². The Hall–Kier alpha value is -2.11. The molecular formula is C27H32N2O3. The van der Waals surface area contributed by atoms with Crippen molar-refractivity contribution in [3.8, 4) is 0 Å². The van der Waals surface area contributed by atoms with Crippen LogP contribution < -0.4 is 0 Å². The lowest BCUT2D eigenvalue weighted by Gasteiger charge is -2.64. The molecule has 2 saturated carbocycles. The van der Waals surface area contributed by atoms with E-state index in [1.165, 1.54) is 22.2 Å². The molecule has 1 aromatic heterocycles. The van der Waals surface area contributed by atoms with Crippen molar-refractivity contribution in [2.75, 3.05) is 0 Å². The van der Waals surface area contributed by atoms with E-state index >= 15 is 0 Å². The number of para-hydroxylation sites is 1. The van der Waals surface area contributed by atoms with E-state index in [1.807, 2.05) is 13.8 Å². The number of nitrogens with one attached hydrogen (secondary N) is 1. The summed E-state index contributed by atoms with van der Waals surface area (Å²) in [6.45, 7) is 8.79. The summed E-state index contributed by atoms with van der Waals surface area (Å²) in [5.74, 6) is 0.541. The molecule has 2 aliphatic heterocycles. The molecule has 5 aliphatic rings. The van der Waals surface area contributed by atoms with Gasteiger partial charge in [-0.1, -0.05) is 37.2 Å². The van der Waals surface area contributed by atoms with Crippen LogP contribution in [0.15, 0.2) is 41.1 Å². The van der Waals surface area contributed by atoms with Gasteiger partial charge in [0.05, 0.1) is 11.7 Å². The van der Waals surface area contributed by atoms with Gasteiger partial charge in [-0.2, -0.15) is 0 Å². The average Bonchev–Trinajstić information content (AvgIpc) is 3.38. The molecule has 2 N–H and O–H groups in total. The third-order valence-corrected chi connectivity index (χ3v) is 10.1. The highest BCUT2D eigenvalue weighted by Crippen LogP contribution is 2.69. The van der Waals surface area contributed by atoms with Crippen LogP contribution in [0.4, 0.5) is 0 Å². The van der Waals surface area contributed by atoms with Crippen molar-refractivity contribution in [2.24, 2.45) is 16.5 Å². The summed E-state index contributed by atoms with van der Waals surface area (Å²) in [5, 5.41) is 18.2. The van der Waals surface area contributed by atoms with Crippen LogP contribution in [0.1, 0.15) is 64.6 Å². The Bertz CT molecular complexity index is 1220. The summed E-state index contributed by atoms with van der Waals surface area (Å²) < 4.78 is 6.56. The van der Waals surface area contributed by atoms with Crippen molar-refractivity contribution in [3.05, 3.63) is 47.2 Å². The number of aliphatic hydroxyl groups is 1. The molecule has 0 spiro atoms. The molecular weight excluding hydrogens is 400 g/mol. The first-order chi connectivity index (χ1) is 15.2.